The van der Waals surface area contributed by atoms with Crippen molar-refractivity contribution >= 4 is 57.1 Å². The van der Waals surface area contributed by atoms with E-state index in [-0.39, 0.29) is 11.6 Å². The van der Waals surface area contributed by atoms with E-state index in [0.29, 0.717) is 11.6 Å². The van der Waals surface area contributed by atoms with Crippen LogP contribution in [-0.4, -0.2) is 32.6 Å². The summed E-state index contributed by atoms with van der Waals surface area (Å²) in [5, 5.41) is 19.0. The smallest absolute Gasteiger partial charge is 0.269 e. The van der Waals surface area contributed by atoms with Crippen molar-refractivity contribution in [1.82, 2.24) is 4.98 Å². The number of alkyl halides is 1. The number of non-ortho nitro benzene ring substituents is 1. The summed E-state index contributed by atoms with van der Waals surface area (Å²) < 4.78 is 0. The molecule has 10 heteroatoms. The van der Waals surface area contributed by atoms with E-state index in [4.69, 9.17) is 16.7 Å². The van der Waals surface area contributed by atoms with E-state index in [1.807, 2.05) is 47.9 Å². The third-order valence-electron chi connectivity index (χ3n) is 5.45. The van der Waals surface area contributed by atoms with Crippen LogP contribution in [-0.2, 0) is 4.79 Å². The molecule has 0 N–H and O–H groups in total. The molecule has 1 aromatic heterocycles. The fraction of sp³-hybridized carbons (Fsp3) is 0.136. The van der Waals surface area contributed by atoms with Crippen LogP contribution in [0.2, 0.25) is 0 Å². The number of halogens is 1. The van der Waals surface area contributed by atoms with E-state index in [2.05, 4.69) is 4.98 Å². The Balaban J connectivity index is 1.50. The van der Waals surface area contributed by atoms with E-state index < -0.39 is 16.0 Å². The van der Waals surface area contributed by atoms with Gasteiger partial charge >= 0.3 is 0 Å². The molecule has 1 amide bonds. The standard InChI is InChI=1S/C22H16ClN5O3S/c23-19-20(29)26(21-24-12-13-32-21)22(19)14-16(25-27(22)17-4-2-1-3-5-17)9-6-15-7-10-18(11-8-15)28(30)31/h1-13,19H,14H2/b9-6+. The maximum Gasteiger partial charge on any atom is 0.269 e. The third kappa shape index (κ3) is 3.17. The Morgan fingerprint density at radius 3 is 2.56 bits per heavy atom. The van der Waals surface area contributed by atoms with Gasteiger partial charge in [0.1, 0.15) is 0 Å². The van der Waals surface area contributed by atoms with Crippen molar-refractivity contribution in [2.45, 2.75) is 17.5 Å². The van der Waals surface area contributed by atoms with Gasteiger partial charge in [-0.2, -0.15) is 5.10 Å². The van der Waals surface area contributed by atoms with E-state index >= 15 is 0 Å². The molecule has 160 valence electrons. The number of carbonyl (C=O) groups is 1. The average molecular weight is 466 g/mol. The van der Waals surface area contributed by atoms with Crippen LogP contribution >= 0.6 is 22.9 Å². The molecule has 1 spiro atoms. The Kier molecular flexibility index (Phi) is 4.99. The quantitative estimate of drug-likeness (QED) is 0.236. The number of thiazole rings is 1. The van der Waals surface area contributed by atoms with Gasteiger partial charge in [-0.1, -0.05) is 24.3 Å². The number of rotatable bonds is 5. The summed E-state index contributed by atoms with van der Waals surface area (Å²) >= 11 is 8.00. The SMILES string of the molecule is O=C1C(Cl)C2(CC(/C=C/c3ccc([N+](=O)[O-])cc3)=NN2c2ccccc2)N1c1nccs1. The van der Waals surface area contributed by atoms with Crippen LogP contribution in [0.5, 0.6) is 0 Å². The molecule has 8 nitrogen and oxygen atoms in total. The van der Waals surface area contributed by atoms with E-state index in [1.54, 1.807) is 28.2 Å². The van der Waals surface area contributed by atoms with Gasteiger partial charge in [0.05, 0.1) is 16.3 Å². The van der Waals surface area contributed by atoms with Crippen molar-refractivity contribution in [3.8, 4) is 0 Å². The fourth-order valence-corrected chi connectivity index (χ4v) is 5.02. The maximum atomic E-state index is 12.8. The van der Waals surface area contributed by atoms with Gasteiger partial charge < -0.3 is 0 Å². The summed E-state index contributed by atoms with van der Waals surface area (Å²) in [6, 6.07) is 15.8. The highest BCUT2D eigenvalue weighted by atomic mass is 35.5. The van der Waals surface area contributed by atoms with Gasteiger partial charge in [-0.25, -0.2) is 9.99 Å². The lowest BCUT2D eigenvalue weighted by Crippen LogP contribution is -2.78. The number of nitro benzene ring substituents is 1. The van der Waals surface area contributed by atoms with Crippen LogP contribution < -0.4 is 9.91 Å². The number of para-hydroxylation sites is 1. The number of aromatic nitrogens is 1. The van der Waals surface area contributed by atoms with Crippen LogP contribution in [0.1, 0.15) is 12.0 Å². The number of hydrogen-bond donors (Lipinski definition) is 0. The van der Waals surface area contributed by atoms with E-state index in [0.717, 1.165) is 17.0 Å². The normalized spacial score (nSPS) is 22.5. The summed E-state index contributed by atoms with van der Waals surface area (Å²) in [5.41, 5.74) is 1.48. The number of anilines is 2. The zero-order valence-corrected chi connectivity index (χ0v) is 18.1. The van der Waals surface area contributed by atoms with Crippen molar-refractivity contribution in [3.63, 3.8) is 0 Å². The number of hydrogen-bond acceptors (Lipinski definition) is 7. The van der Waals surface area contributed by atoms with Crippen molar-refractivity contribution in [1.29, 1.82) is 0 Å². The molecule has 3 aromatic rings. The molecular formula is C22H16ClN5O3S. The van der Waals surface area contributed by atoms with Crippen LogP contribution in [0.25, 0.3) is 6.08 Å². The topological polar surface area (TPSA) is 91.9 Å². The molecule has 0 radical (unpaired) electrons. The number of hydrazone groups is 1. The number of amides is 1. The Hall–Kier alpha value is -3.56. The monoisotopic (exact) mass is 465 g/mol. The van der Waals surface area contributed by atoms with Crippen LogP contribution in [0.15, 0.2) is 77.4 Å². The molecule has 2 aromatic carbocycles. The zero-order valence-electron chi connectivity index (χ0n) is 16.5. The van der Waals surface area contributed by atoms with Crippen molar-refractivity contribution < 1.29 is 9.72 Å². The fourth-order valence-electron chi connectivity index (χ4n) is 3.94. The molecule has 0 aliphatic carbocycles. The Morgan fingerprint density at radius 2 is 1.91 bits per heavy atom. The van der Waals surface area contributed by atoms with Crippen LogP contribution in [0, 0.1) is 10.1 Å². The Bertz CT molecular complexity index is 1230. The molecule has 3 heterocycles. The number of allylic oxidation sites excluding steroid dienone is 1. The summed E-state index contributed by atoms with van der Waals surface area (Å²) in [7, 11) is 0. The summed E-state index contributed by atoms with van der Waals surface area (Å²) in [4.78, 5) is 29.2. The molecule has 2 atom stereocenters. The van der Waals surface area contributed by atoms with Crippen LogP contribution in [0.3, 0.4) is 0 Å². The minimum atomic E-state index is -0.896. The van der Waals surface area contributed by atoms with E-state index in [1.165, 1.54) is 23.5 Å². The predicted molar refractivity (Wildman–Crippen MR) is 125 cm³/mol. The Morgan fingerprint density at radius 1 is 1.16 bits per heavy atom. The number of benzene rings is 2. The van der Waals surface area contributed by atoms with Crippen LogP contribution in [0.4, 0.5) is 16.5 Å². The van der Waals surface area contributed by atoms with Crippen molar-refractivity contribution in [3.05, 3.63) is 87.9 Å². The second-order valence-electron chi connectivity index (χ2n) is 7.33. The van der Waals surface area contributed by atoms with Gasteiger partial charge in [0.2, 0.25) is 0 Å². The number of β-lactam (4-membered cyclic amide) rings is 1. The van der Waals surface area contributed by atoms with Gasteiger partial charge in [-0.15, -0.1) is 22.9 Å². The minimum absolute atomic E-state index is 0.0339. The first-order valence-electron chi connectivity index (χ1n) is 9.73. The van der Waals surface area contributed by atoms with Crippen molar-refractivity contribution in [2.75, 3.05) is 9.91 Å². The highest BCUT2D eigenvalue weighted by Crippen LogP contribution is 2.50. The molecule has 0 bridgehead atoms. The zero-order chi connectivity index (χ0) is 22.3. The summed E-state index contributed by atoms with van der Waals surface area (Å²) in [5.74, 6) is -0.210. The van der Waals surface area contributed by atoms with Gasteiger partial charge in [-0.05, 0) is 35.9 Å². The lowest BCUT2D eigenvalue weighted by atomic mass is 9.87. The summed E-state index contributed by atoms with van der Waals surface area (Å²) in [6.45, 7) is 0. The molecule has 1 saturated heterocycles. The molecular weight excluding hydrogens is 450 g/mol. The number of nitrogens with zero attached hydrogens (tertiary/aromatic N) is 5. The lowest BCUT2D eigenvalue weighted by molar-refractivity contribution is -0.384. The first kappa shape index (κ1) is 20.3. The van der Waals surface area contributed by atoms with Gasteiger partial charge in [-0.3, -0.25) is 19.8 Å². The first-order valence-corrected chi connectivity index (χ1v) is 11.1. The molecule has 2 aliphatic rings. The lowest BCUT2D eigenvalue weighted by Gasteiger charge is -2.55. The van der Waals surface area contributed by atoms with Crippen molar-refractivity contribution in [2.24, 2.45) is 5.10 Å². The van der Waals surface area contributed by atoms with Gasteiger partial charge in [0, 0.05) is 30.1 Å². The second kappa shape index (κ2) is 7.85. The maximum absolute atomic E-state index is 12.8. The van der Waals surface area contributed by atoms with Gasteiger partial charge in [0.15, 0.2) is 16.2 Å². The van der Waals surface area contributed by atoms with E-state index in [9.17, 15) is 14.9 Å². The largest absolute Gasteiger partial charge is 0.272 e. The first-order chi connectivity index (χ1) is 15.5. The highest BCUT2D eigenvalue weighted by molar-refractivity contribution is 7.14. The highest BCUT2D eigenvalue weighted by Gasteiger charge is 2.67. The molecule has 1 fully saturated rings. The second-order valence-corrected chi connectivity index (χ2v) is 8.64. The predicted octanol–water partition coefficient (Wildman–Crippen LogP) is 4.68. The molecule has 32 heavy (non-hydrogen) atoms. The molecule has 2 unspecified atom stereocenters. The summed E-state index contributed by atoms with van der Waals surface area (Å²) in [6.07, 6.45) is 5.74. The molecule has 2 aliphatic heterocycles. The number of nitro groups is 1. The third-order valence-corrected chi connectivity index (χ3v) is 6.74. The molecule has 5 rings (SSSR count). The molecule has 0 saturated carbocycles. The Labute approximate surface area is 192 Å². The minimum Gasteiger partial charge on any atom is -0.272 e. The van der Waals surface area contributed by atoms with Gasteiger partial charge in [0.25, 0.3) is 11.6 Å². The average Bonchev–Trinajstić information content (AvgIpc) is 3.48. The number of carbonyl (C=O) groups excluding carboxylic acids is 1.